The Morgan fingerprint density at radius 2 is 1.79 bits per heavy atom. The number of carbonyl (C=O) groups excluding carboxylic acids is 1. The minimum atomic E-state index is -0.434. The average Bonchev–Trinajstić information content (AvgIpc) is 3.34. The van der Waals surface area contributed by atoms with E-state index in [4.69, 9.17) is 16.3 Å². The maximum absolute atomic E-state index is 12.7. The Bertz CT molecular complexity index is 1690. The van der Waals surface area contributed by atoms with Crippen LogP contribution in [0.5, 0.6) is 5.75 Å². The minimum absolute atomic E-state index is 0.00341. The number of fused-ring (bicyclic) bond motifs is 2. The van der Waals surface area contributed by atoms with E-state index >= 15 is 0 Å². The Morgan fingerprint density at radius 3 is 2.61 bits per heavy atom. The number of nitrogens with zero attached hydrogens (tertiary/aromatic N) is 1. The van der Waals surface area contributed by atoms with Gasteiger partial charge in [0.05, 0.1) is 9.50 Å². The first kappa shape index (κ1) is 25.6. The molecule has 0 fully saturated rings. The fourth-order valence-electron chi connectivity index (χ4n) is 4.43. The molecule has 0 aliphatic heterocycles. The van der Waals surface area contributed by atoms with Crippen LogP contribution in [0.2, 0.25) is 5.02 Å². The number of halogens is 2. The monoisotopic (exact) mass is 583 g/mol. The van der Waals surface area contributed by atoms with Crippen LogP contribution >= 0.6 is 27.5 Å². The molecular formula is C31H23BrClN3O2. The van der Waals surface area contributed by atoms with E-state index in [1.165, 1.54) is 6.08 Å². The third kappa shape index (κ3) is 5.60. The van der Waals surface area contributed by atoms with Crippen molar-refractivity contribution in [1.82, 2.24) is 10.3 Å². The van der Waals surface area contributed by atoms with Gasteiger partial charge in [0.1, 0.15) is 18.2 Å². The van der Waals surface area contributed by atoms with Gasteiger partial charge in [0, 0.05) is 23.6 Å². The Labute approximate surface area is 233 Å². The summed E-state index contributed by atoms with van der Waals surface area (Å²) in [5.74, 6) is 0.0642. The standard InChI is InChI=1S/C31H23BrClN3O2/c32-27-15-20(16-28(33)30(27)38-19-23-8-5-7-21-6-1-2-9-25(21)23)14-24(17-34)31(37)35-13-12-22-18-36-29-11-4-3-10-26(22)29/h1-11,14-16,18,36H,12-13,19H2,(H,35,37)/b24-14-. The molecule has 0 aliphatic rings. The van der Waals surface area contributed by atoms with Gasteiger partial charge in [-0.25, -0.2) is 0 Å². The van der Waals surface area contributed by atoms with Crippen LogP contribution < -0.4 is 10.1 Å². The number of aromatic amines is 1. The molecule has 0 aliphatic carbocycles. The summed E-state index contributed by atoms with van der Waals surface area (Å²) in [5, 5.41) is 16.2. The molecule has 188 valence electrons. The number of carbonyl (C=O) groups is 1. The third-order valence-corrected chi connectivity index (χ3v) is 7.17. The fourth-order valence-corrected chi connectivity index (χ4v) is 5.42. The first-order chi connectivity index (χ1) is 18.5. The number of nitrogens with one attached hydrogen (secondary N) is 2. The van der Waals surface area contributed by atoms with Crippen molar-refractivity contribution in [2.45, 2.75) is 13.0 Å². The summed E-state index contributed by atoms with van der Waals surface area (Å²) in [6.45, 7) is 0.752. The van der Waals surface area contributed by atoms with E-state index < -0.39 is 5.91 Å². The summed E-state index contributed by atoms with van der Waals surface area (Å²) in [5.41, 5.74) is 3.82. The zero-order valence-corrected chi connectivity index (χ0v) is 22.6. The van der Waals surface area contributed by atoms with Crippen LogP contribution in [0.4, 0.5) is 0 Å². The van der Waals surface area contributed by atoms with E-state index in [0.717, 1.165) is 32.8 Å². The van der Waals surface area contributed by atoms with Crippen molar-refractivity contribution in [3.63, 3.8) is 0 Å². The number of hydrogen-bond acceptors (Lipinski definition) is 3. The van der Waals surface area contributed by atoms with E-state index in [9.17, 15) is 10.1 Å². The molecule has 4 aromatic carbocycles. The molecule has 0 spiro atoms. The van der Waals surface area contributed by atoms with Crippen LogP contribution in [-0.2, 0) is 17.8 Å². The highest BCUT2D eigenvalue weighted by molar-refractivity contribution is 9.10. The predicted octanol–water partition coefficient (Wildman–Crippen LogP) is 7.58. The number of H-pyrrole nitrogens is 1. The lowest BCUT2D eigenvalue weighted by Gasteiger charge is -2.13. The molecule has 0 unspecified atom stereocenters. The van der Waals surface area contributed by atoms with Crippen LogP contribution in [0, 0.1) is 11.3 Å². The number of nitriles is 1. The van der Waals surface area contributed by atoms with Gasteiger partial charge < -0.3 is 15.0 Å². The zero-order chi connectivity index (χ0) is 26.5. The topological polar surface area (TPSA) is 77.9 Å². The molecule has 0 bridgehead atoms. The molecule has 5 rings (SSSR count). The molecule has 1 amide bonds. The van der Waals surface area contributed by atoms with Crippen molar-refractivity contribution < 1.29 is 9.53 Å². The Morgan fingerprint density at radius 1 is 1.03 bits per heavy atom. The highest BCUT2D eigenvalue weighted by Gasteiger charge is 2.13. The summed E-state index contributed by atoms with van der Waals surface area (Å²) in [4.78, 5) is 15.9. The second-order valence-corrected chi connectivity index (χ2v) is 10.0. The molecular weight excluding hydrogens is 562 g/mol. The lowest BCUT2D eigenvalue weighted by atomic mass is 10.1. The molecule has 5 aromatic rings. The summed E-state index contributed by atoms with van der Waals surface area (Å²) < 4.78 is 6.70. The summed E-state index contributed by atoms with van der Waals surface area (Å²) >= 11 is 10.1. The van der Waals surface area contributed by atoms with Gasteiger partial charge in [0.15, 0.2) is 5.75 Å². The molecule has 0 atom stereocenters. The number of hydrogen-bond donors (Lipinski definition) is 2. The molecule has 0 saturated heterocycles. The molecule has 1 aromatic heterocycles. The van der Waals surface area contributed by atoms with Crippen molar-refractivity contribution in [3.05, 3.63) is 117 Å². The fraction of sp³-hybridized carbons (Fsp3) is 0.0968. The molecule has 38 heavy (non-hydrogen) atoms. The van der Waals surface area contributed by atoms with Crippen LogP contribution in [0.25, 0.3) is 27.8 Å². The third-order valence-electron chi connectivity index (χ3n) is 6.30. The number of rotatable bonds is 8. The van der Waals surface area contributed by atoms with Crippen molar-refractivity contribution >= 4 is 61.2 Å². The van der Waals surface area contributed by atoms with Gasteiger partial charge in [-0.2, -0.15) is 5.26 Å². The molecule has 7 heteroatoms. The SMILES string of the molecule is N#C/C(=C/c1cc(Cl)c(OCc2cccc3ccccc23)c(Br)c1)C(=O)NCCc1c[nH]c2ccccc12. The van der Waals surface area contributed by atoms with Gasteiger partial charge >= 0.3 is 0 Å². The number of aromatic nitrogens is 1. The number of ether oxygens (including phenoxy) is 1. The van der Waals surface area contributed by atoms with Gasteiger partial charge in [0.2, 0.25) is 0 Å². The van der Waals surface area contributed by atoms with Crippen molar-refractivity contribution in [1.29, 1.82) is 5.26 Å². The van der Waals surface area contributed by atoms with E-state index in [-0.39, 0.29) is 5.57 Å². The van der Waals surface area contributed by atoms with E-state index in [1.54, 1.807) is 12.1 Å². The summed E-state index contributed by atoms with van der Waals surface area (Å²) in [6, 6.07) is 27.7. The summed E-state index contributed by atoms with van der Waals surface area (Å²) in [6.07, 6.45) is 4.11. The zero-order valence-electron chi connectivity index (χ0n) is 20.3. The smallest absolute Gasteiger partial charge is 0.261 e. The lowest BCUT2D eigenvalue weighted by Crippen LogP contribution is -2.26. The maximum atomic E-state index is 12.7. The van der Waals surface area contributed by atoms with Gasteiger partial charge in [-0.3, -0.25) is 4.79 Å². The largest absolute Gasteiger partial charge is 0.486 e. The highest BCUT2D eigenvalue weighted by atomic mass is 79.9. The molecule has 0 saturated carbocycles. The number of amides is 1. The van der Waals surface area contributed by atoms with Crippen molar-refractivity contribution in [2.24, 2.45) is 0 Å². The number of benzene rings is 4. The maximum Gasteiger partial charge on any atom is 0.261 e. The van der Waals surface area contributed by atoms with Gasteiger partial charge in [-0.1, -0.05) is 72.3 Å². The molecule has 2 N–H and O–H groups in total. The second-order valence-electron chi connectivity index (χ2n) is 8.78. The van der Waals surface area contributed by atoms with E-state index in [0.29, 0.717) is 40.4 Å². The van der Waals surface area contributed by atoms with Crippen LogP contribution in [0.1, 0.15) is 16.7 Å². The molecule has 1 heterocycles. The first-order valence-electron chi connectivity index (χ1n) is 12.1. The molecule has 5 nitrogen and oxygen atoms in total. The van der Waals surface area contributed by atoms with Crippen LogP contribution in [-0.4, -0.2) is 17.4 Å². The Kier molecular flexibility index (Phi) is 7.78. The van der Waals surface area contributed by atoms with E-state index in [2.05, 4.69) is 44.4 Å². The Hall–Kier alpha value is -4.05. The van der Waals surface area contributed by atoms with Gasteiger partial charge in [-0.15, -0.1) is 0 Å². The highest BCUT2D eigenvalue weighted by Crippen LogP contribution is 2.36. The first-order valence-corrected chi connectivity index (χ1v) is 13.2. The van der Waals surface area contributed by atoms with Crippen molar-refractivity contribution in [2.75, 3.05) is 6.54 Å². The normalized spacial score (nSPS) is 11.4. The van der Waals surface area contributed by atoms with E-state index in [1.807, 2.05) is 60.8 Å². The minimum Gasteiger partial charge on any atom is -0.486 e. The second kappa shape index (κ2) is 11.6. The Balaban J connectivity index is 1.25. The van der Waals surface area contributed by atoms with Crippen molar-refractivity contribution in [3.8, 4) is 11.8 Å². The predicted molar refractivity (Wildman–Crippen MR) is 156 cm³/mol. The summed E-state index contributed by atoms with van der Waals surface area (Å²) in [7, 11) is 0. The van der Waals surface area contributed by atoms with Crippen LogP contribution in [0.15, 0.2) is 95.1 Å². The quantitative estimate of drug-likeness (QED) is 0.146. The number of para-hydroxylation sites is 1. The average molecular weight is 585 g/mol. The lowest BCUT2D eigenvalue weighted by molar-refractivity contribution is -0.117. The van der Waals surface area contributed by atoms with Gasteiger partial charge in [-0.05, 0) is 74.1 Å². The van der Waals surface area contributed by atoms with Crippen LogP contribution in [0.3, 0.4) is 0 Å². The van der Waals surface area contributed by atoms with Gasteiger partial charge in [0.25, 0.3) is 5.91 Å². The molecule has 0 radical (unpaired) electrons.